The number of halogens is 2. The fraction of sp³-hybridized carbons (Fsp3) is 0.500. The van der Waals surface area contributed by atoms with Crippen molar-refractivity contribution in [1.29, 1.82) is 0 Å². The van der Waals surface area contributed by atoms with Crippen molar-refractivity contribution in [3.8, 4) is 0 Å². The van der Waals surface area contributed by atoms with Gasteiger partial charge >= 0.3 is 37.9 Å². The summed E-state index contributed by atoms with van der Waals surface area (Å²) in [6.45, 7) is 14.1. The first-order valence-electron chi connectivity index (χ1n) is 17.3. The molecule has 0 bridgehead atoms. The van der Waals surface area contributed by atoms with Crippen LogP contribution in [0, 0.1) is 11.8 Å². The minimum atomic E-state index is -0.826. The average Bonchev–Trinajstić information content (AvgIpc) is 3.51. The molecule has 2 unspecified atom stereocenters. The van der Waals surface area contributed by atoms with Crippen LogP contribution in [0.4, 0.5) is 0 Å². The van der Waals surface area contributed by atoms with Gasteiger partial charge in [0.15, 0.2) is 0 Å². The molecular formula is C40H56Cl2SiZr. The normalized spacial score (nSPS) is 17.5. The van der Waals surface area contributed by atoms with Crippen molar-refractivity contribution in [3.63, 3.8) is 0 Å². The average molecular weight is 727 g/mol. The van der Waals surface area contributed by atoms with Gasteiger partial charge in [0.2, 0.25) is 0 Å². The third-order valence-corrected chi connectivity index (χ3v) is 10.9. The zero-order valence-electron chi connectivity index (χ0n) is 28.3. The summed E-state index contributed by atoms with van der Waals surface area (Å²) in [5.41, 5.74) is 12.5. The number of fused-ring (bicyclic) bond motifs is 2. The molecule has 0 amide bonds. The molecule has 0 saturated heterocycles. The van der Waals surface area contributed by atoms with Gasteiger partial charge in [0, 0.05) is 21.4 Å². The van der Waals surface area contributed by atoms with Gasteiger partial charge in [-0.2, -0.15) is 0 Å². The molecule has 238 valence electrons. The molecule has 4 heteroatoms. The van der Waals surface area contributed by atoms with E-state index in [1.54, 1.807) is 22.3 Å². The Bertz CT molecular complexity index is 1190. The molecule has 0 N–H and O–H groups in total. The van der Waals surface area contributed by atoms with Gasteiger partial charge in [0.25, 0.3) is 0 Å². The van der Waals surface area contributed by atoms with Crippen molar-refractivity contribution in [2.45, 2.75) is 117 Å². The maximum absolute atomic E-state index is 4.93. The number of rotatable bonds is 16. The van der Waals surface area contributed by atoms with Crippen LogP contribution < -0.4 is 0 Å². The van der Waals surface area contributed by atoms with Gasteiger partial charge in [0.1, 0.15) is 0 Å². The predicted octanol–water partition coefficient (Wildman–Crippen LogP) is 13.2. The van der Waals surface area contributed by atoms with Crippen LogP contribution in [0.1, 0.15) is 138 Å². The molecule has 0 saturated carbocycles. The van der Waals surface area contributed by atoms with E-state index >= 15 is 0 Å². The van der Waals surface area contributed by atoms with Crippen LogP contribution >= 0.6 is 17.0 Å². The van der Waals surface area contributed by atoms with Crippen molar-refractivity contribution in [1.82, 2.24) is 0 Å². The second kappa shape index (κ2) is 20.3. The van der Waals surface area contributed by atoms with Crippen LogP contribution in [0.25, 0.3) is 24.3 Å². The monoisotopic (exact) mass is 724 g/mol. The van der Waals surface area contributed by atoms with Crippen molar-refractivity contribution < 1.29 is 20.8 Å². The van der Waals surface area contributed by atoms with Gasteiger partial charge in [-0.25, -0.2) is 0 Å². The van der Waals surface area contributed by atoms with E-state index < -0.39 is 20.8 Å². The van der Waals surface area contributed by atoms with Crippen molar-refractivity contribution >= 4 is 50.8 Å². The zero-order chi connectivity index (χ0) is 31.9. The molecule has 0 heterocycles. The summed E-state index contributed by atoms with van der Waals surface area (Å²) in [5.74, 6) is 2.67. The fourth-order valence-electron chi connectivity index (χ4n) is 7.02. The summed E-state index contributed by atoms with van der Waals surface area (Å²) in [5, 5.41) is 0. The molecule has 2 aliphatic rings. The molecule has 0 aliphatic heterocycles. The van der Waals surface area contributed by atoms with Crippen molar-refractivity contribution in [2.75, 3.05) is 0 Å². The first kappa shape index (κ1) is 37.5. The Morgan fingerprint density at radius 1 is 0.705 bits per heavy atom. The van der Waals surface area contributed by atoms with Crippen LogP contribution in [0.15, 0.2) is 59.7 Å². The first-order valence-corrected chi connectivity index (χ1v) is 25.6. The van der Waals surface area contributed by atoms with E-state index in [9.17, 15) is 0 Å². The molecule has 0 radical (unpaired) electrons. The summed E-state index contributed by atoms with van der Waals surface area (Å²) < 4.78 is 0. The van der Waals surface area contributed by atoms with Gasteiger partial charge < -0.3 is 0 Å². The van der Waals surface area contributed by atoms with E-state index in [0.717, 1.165) is 0 Å². The van der Waals surface area contributed by atoms with E-state index in [1.165, 1.54) is 85.7 Å². The van der Waals surface area contributed by atoms with Crippen LogP contribution in [-0.4, -0.2) is 9.52 Å². The van der Waals surface area contributed by atoms with E-state index in [4.69, 9.17) is 17.0 Å². The number of unbranched alkanes of at least 4 members (excludes halogenated alkanes) is 4. The van der Waals surface area contributed by atoms with E-state index in [0.29, 0.717) is 23.7 Å². The first-order chi connectivity index (χ1) is 21.3. The third-order valence-electron chi connectivity index (χ3n) is 8.97. The molecule has 0 aromatic heterocycles. The molecule has 2 aromatic carbocycles. The topological polar surface area (TPSA) is 0 Å². The van der Waals surface area contributed by atoms with Gasteiger partial charge in [-0.1, -0.05) is 163 Å². The van der Waals surface area contributed by atoms with Crippen LogP contribution in [0.3, 0.4) is 0 Å². The maximum atomic E-state index is 4.93. The molecule has 4 rings (SSSR count). The van der Waals surface area contributed by atoms with E-state index in [-0.39, 0.29) is 9.52 Å². The minimum absolute atomic E-state index is 0.246. The van der Waals surface area contributed by atoms with E-state index in [2.05, 4.69) is 114 Å². The van der Waals surface area contributed by atoms with Crippen LogP contribution in [0.2, 0.25) is 12.1 Å². The second-order valence-electron chi connectivity index (χ2n) is 13.5. The van der Waals surface area contributed by atoms with E-state index in [1.807, 2.05) is 0 Å². The summed E-state index contributed by atoms with van der Waals surface area (Å²) >= 11 is -0.826. The Balaban J connectivity index is 0.00000169. The Kier molecular flexibility index (Phi) is 17.4. The Labute approximate surface area is 291 Å². The second-order valence-corrected chi connectivity index (χ2v) is 19.1. The molecule has 0 spiro atoms. The molecule has 44 heavy (non-hydrogen) atoms. The molecule has 0 nitrogen and oxygen atoms in total. The third kappa shape index (κ3) is 11.1. The van der Waals surface area contributed by atoms with Gasteiger partial charge in [0.05, 0.1) is 0 Å². The number of allylic oxidation sites excluding steroid dienone is 4. The Morgan fingerprint density at radius 3 is 1.48 bits per heavy atom. The number of hydrogen-bond acceptors (Lipinski definition) is 0. The summed E-state index contributed by atoms with van der Waals surface area (Å²) in [6, 6.07) is 16.9. The number of benzene rings is 2. The van der Waals surface area contributed by atoms with Crippen molar-refractivity contribution in [2.24, 2.45) is 11.8 Å². The van der Waals surface area contributed by atoms with Gasteiger partial charge in [-0.15, -0.1) is 0 Å². The predicted molar refractivity (Wildman–Crippen MR) is 200 cm³/mol. The summed E-state index contributed by atoms with van der Waals surface area (Å²) in [4.78, 5) is 0. The van der Waals surface area contributed by atoms with Gasteiger partial charge in [-0.05, 0) is 70.9 Å². The molecule has 2 aliphatic carbocycles. The summed E-state index contributed by atoms with van der Waals surface area (Å²) in [7, 11) is 9.62. The number of hydrogen-bond donors (Lipinski definition) is 0. The Hall–Kier alpha value is -0.920. The van der Waals surface area contributed by atoms with Gasteiger partial charge in [-0.3, -0.25) is 0 Å². The Morgan fingerprint density at radius 2 is 1.11 bits per heavy atom. The summed E-state index contributed by atoms with van der Waals surface area (Å²) in [6.07, 6.45) is 24.7. The molecule has 2 aromatic rings. The molecule has 0 fully saturated rings. The molecule has 2 atom stereocenters. The zero-order valence-corrected chi connectivity index (χ0v) is 33.7. The van der Waals surface area contributed by atoms with Crippen LogP contribution in [0.5, 0.6) is 0 Å². The fourth-order valence-corrected chi connectivity index (χ4v) is 9.44. The van der Waals surface area contributed by atoms with Crippen LogP contribution in [-0.2, 0) is 20.8 Å². The van der Waals surface area contributed by atoms with Crippen molar-refractivity contribution in [3.05, 3.63) is 93.1 Å². The SMILES string of the molecule is CCCCC=Cc1cccc2c1C=C(CC(C)C)C2C[SiH2]CC1C(CC(C)C)=Cc2c(C=CCCCC)cccc21.[Cl][Zr][Cl]. The quantitative estimate of drug-likeness (QED) is 0.119. The standard InChI is InChI=1S/C40H56Si.2ClH.Zr/c1-7-9-11-13-17-31-19-15-21-35-37(31)25-33(23-29(3)4)39(35)27-41-28-40-34(24-30(5)6)26-38-32(18-14-12-10-8-2)20-16-22-36(38)40;;;/h13-22,25-26,29-30,39-40H,7-12,23-24,27-28,41H2,1-6H3;2*1H;/q;;;+2/p-2. The molecular weight excluding hydrogens is 671 g/mol.